The standard InChI is InChI=1S/C21H22BrNO/c22-20-7-3-5-15-4-1-2-6-19(15)21(20)16-8-10-17(11-9-16)24-18-12-13-23-14-18/h1-2,4,6,8-11,18,23H,3,5,7,12-14H2. The van der Waals surface area contributed by atoms with E-state index in [4.69, 9.17) is 4.74 Å². The Labute approximate surface area is 152 Å². The minimum Gasteiger partial charge on any atom is -0.489 e. The lowest BCUT2D eigenvalue weighted by molar-refractivity contribution is 0.223. The lowest BCUT2D eigenvalue weighted by Gasteiger charge is -2.15. The van der Waals surface area contributed by atoms with Gasteiger partial charge in [-0.15, -0.1) is 0 Å². The van der Waals surface area contributed by atoms with Gasteiger partial charge >= 0.3 is 0 Å². The third-order valence-corrected chi connectivity index (χ3v) is 5.65. The van der Waals surface area contributed by atoms with E-state index in [1.54, 1.807) is 0 Å². The highest BCUT2D eigenvalue weighted by atomic mass is 79.9. The molecular weight excluding hydrogens is 362 g/mol. The first kappa shape index (κ1) is 15.9. The minimum absolute atomic E-state index is 0.306. The number of rotatable bonds is 3. The van der Waals surface area contributed by atoms with Crippen molar-refractivity contribution in [3.05, 3.63) is 69.7 Å². The zero-order valence-corrected chi connectivity index (χ0v) is 15.3. The summed E-state index contributed by atoms with van der Waals surface area (Å²) < 4.78 is 7.35. The van der Waals surface area contributed by atoms with Crippen molar-refractivity contribution >= 4 is 21.5 Å². The summed E-state index contributed by atoms with van der Waals surface area (Å²) in [5.41, 5.74) is 5.39. The molecule has 0 saturated carbocycles. The van der Waals surface area contributed by atoms with E-state index in [0.717, 1.165) is 38.1 Å². The number of fused-ring (bicyclic) bond motifs is 1. The van der Waals surface area contributed by atoms with Crippen LogP contribution in [0.15, 0.2) is 53.0 Å². The zero-order valence-electron chi connectivity index (χ0n) is 13.7. The Balaban J connectivity index is 1.64. The molecule has 124 valence electrons. The van der Waals surface area contributed by atoms with Crippen LogP contribution in [0.3, 0.4) is 0 Å². The molecule has 3 heteroatoms. The van der Waals surface area contributed by atoms with Gasteiger partial charge in [0.25, 0.3) is 0 Å². The van der Waals surface area contributed by atoms with Gasteiger partial charge in [-0.25, -0.2) is 0 Å². The van der Waals surface area contributed by atoms with Crippen LogP contribution in [0.5, 0.6) is 5.75 Å². The topological polar surface area (TPSA) is 21.3 Å². The Bertz CT molecular complexity index is 745. The molecule has 2 aliphatic rings. The summed E-state index contributed by atoms with van der Waals surface area (Å²) >= 11 is 3.84. The number of nitrogens with one attached hydrogen (secondary N) is 1. The van der Waals surface area contributed by atoms with E-state index >= 15 is 0 Å². The Morgan fingerprint density at radius 2 is 1.83 bits per heavy atom. The number of aryl methyl sites for hydroxylation is 1. The van der Waals surface area contributed by atoms with Crippen molar-refractivity contribution in [2.24, 2.45) is 0 Å². The highest BCUT2D eigenvalue weighted by molar-refractivity contribution is 9.11. The fourth-order valence-corrected chi connectivity index (χ4v) is 4.34. The Hall–Kier alpha value is -1.58. The van der Waals surface area contributed by atoms with Gasteiger partial charge in [0.05, 0.1) is 0 Å². The van der Waals surface area contributed by atoms with Crippen LogP contribution < -0.4 is 10.1 Å². The van der Waals surface area contributed by atoms with Gasteiger partial charge in [-0.3, -0.25) is 0 Å². The van der Waals surface area contributed by atoms with Gasteiger partial charge in [0.1, 0.15) is 11.9 Å². The van der Waals surface area contributed by atoms with Crippen molar-refractivity contribution in [2.75, 3.05) is 13.1 Å². The Morgan fingerprint density at radius 1 is 1.00 bits per heavy atom. The normalized spacial score (nSPS) is 20.6. The molecule has 2 aromatic carbocycles. The second kappa shape index (κ2) is 7.12. The van der Waals surface area contributed by atoms with Gasteiger partial charge < -0.3 is 10.1 Å². The maximum Gasteiger partial charge on any atom is 0.119 e. The first-order valence-electron chi connectivity index (χ1n) is 8.76. The van der Waals surface area contributed by atoms with Gasteiger partial charge in [0, 0.05) is 11.0 Å². The summed E-state index contributed by atoms with van der Waals surface area (Å²) in [5, 5.41) is 3.34. The van der Waals surface area contributed by atoms with E-state index in [2.05, 4.69) is 69.8 Å². The van der Waals surface area contributed by atoms with Crippen molar-refractivity contribution in [2.45, 2.75) is 31.8 Å². The average Bonchev–Trinajstić information content (AvgIpc) is 3.05. The highest BCUT2D eigenvalue weighted by Gasteiger charge is 2.18. The molecule has 0 bridgehead atoms. The van der Waals surface area contributed by atoms with Gasteiger partial charge in [-0.2, -0.15) is 0 Å². The molecule has 0 amide bonds. The fraction of sp³-hybridized carbons (Fsp3) is 0.333. The smallest absolute Gasteiger partial charge is 0.119 e. The molecule has 1 heterocycles. The zero-order chi connectivity index (χ0) is 16.4. The number of allylic oxidation sites excluding steroid dienone is 1. The van der Waals surface area contributed by atoms with Crippen molar-refractivity contribution in [1.82, 2.24) is 5.32 Å². The molecule has 1 unspecified atom stereocenters. The van der Waals surface area contributed by atoms with Gasteiger partial charge in [0.2, 0.25) is 0 Å². The molecule has 1 aliphatic heterocycles. The van der Waals surface area contributed by atoms with E-state index in [-0.39, 0.29) is 0 Å². The van der Waals surface area contributed by atoms with Crippen LogP contribution in [0.2, 0.25) is 0 Å². The van der Waals surface area contributed by atoms with Crippen LogP contribution in [0.4, 0.5) is 0 Å². The Kier molecular flexibility index (Phi) is 4.72. The van der Waals surface area contributed by atoms with Crippen LogP contribution >= 0.6 is 15.9 Å². The quantitative estimate of drug-likeness (QED) is 0.811. The maximum atomic E-state index is 6.05. The van der Waals surface area contributed by atoms with Gasteiger partial charge in [-0.05, 0) is 66.6 Å². The molecule has 1 saturated heterocycles. The van der Waals surface area contributed by atoms with E-state index < -0.39 is 0 Å². The first-order chi connectivity index (χ1) is 11.8. The molecule has 0 spiro atoms. The number of hydrogen-bond acceptors (Lipinski definition) is 2. The molecular formula is C21H22BrNO. The number of halogens is 1. The first-order valence-corrected chi connectivity index (χ1v) is 9.55. The van der Waals surface area contributed by atoms with E-state index in [0.29, 0.717) is 6.10 Å². The molecule has 1 aliphatic carbocycles. The molecule has 2 nitrogen and oxygen atoms in total. The summed E-state index contributed by atoms with van der Waals surface area (Å²) in [6, 6.07) is 17.4. The van der Waals surface area contributed by atoms with Crippen LogP contribution in [0.25, 0.3) is 5.57 Å². The van der Waals surface area contributed by atoms with Crippen LogP contribution in [0.1, 0.15) is 36.0 Å². The molecule has 1 fully saturated rings. The third kappa shape index (κ3) is 3.28. The molecule has 24 heavy (non-hydrogen) atoms. The van der Waals surface area contributed by atoms with Crippen molar-refractivity contribution in [3.8, 4) is 5.75 Å². The summed E-state index contributed by atoms with van der Waals surface area (Å²) in [6.07, 6.45) is 4.82. The Morgan fingerprint density at radius 3 is 2.62 bits per heavy atom. The number of ether oxygens (including phenoxy) is 1. The van der Waals surface area contributed by atoms with Crippen molar-refractivity contribution in [3.63, 3.8) is 0 Å². The van der Waals surface area contributed by atoms with E-state index in [1.807, 2.05) is 0 Å². The molecule has 1 atom stereocenters. The third-order valence-electron chi connectivity index (χ3n) is 4.86. The highest BCUT2D eigenvalue weighted by Crippen LogP contribution is 2.38. The number of hydrogen-bond donors (Lipinski definition) is 1. The minimum atomic E-state index is 0.306. The summed E-state index contributed by atoms with van der Waals surface area (Å²) in [6.45, 7) is 2.01. The summed E-state index contributed by atoms with van der Waals surface area (Å²) in [7, 11) is 0. The predicted molar refractivity (Wildman–Crippen MR) is 103 cm³/mol. The van der Waals surface area contributed by atoms with E-state index in [9.17, 15) is 0 Å². The second-order valence-electron chi connectivity index (χ2n) is 6.55. The predicted octanol–water partition coefficient (Wildman–Crippen LogP) is 4.92. The van der Waals surface area contributed by atoms with Gasteiger partial charge in [-0.1, -0.05) is 52.3 Å². The molecule has 0 radical (unpaired) electrons. The molecule has 4 rings (SSSR count). The van der Waals surface area contributed by atoms with E-state index in [1.165, 1.54) is 33.2 Å². The molecule has 1 N–H and O–H groups in total. The maximum absolute atomic E-state index is 6.05. The van der Waals surface area contributed by atoms with Crippen LogP contribution in [-0.4, -0.2) is 19.2 Å². The van der Waals surface area contributed by atoms with Crippen LogP contribution in [0, 0.1) is 0 Å². The number of benzene rings is 2. The SMILES string of the molecule is BrC1=C(c2ccc(OC3CCNC3)cc2)c2ccccc2CCC1. The summed E-state index contributed by atoms with van der Waals surface area (Å²) in [4.78, 5) is 0. The monoisotopic (exact) mass is 383 g/mol. The second-order valence-corrected chi connectivity index (χ2v) is 7.50. The lowest BCUT2D eigenvalue weighted by atomic mass is 9.94. The average molecular weight is 384 g/mol. The molecule has 0 aromatic heterocycles. The fourth-order valence-electron chi connectivity index (χ4n) is 3.62. The van der Waals surface area contributed by atoms with Crippen LogP contribution in [-0.2, 0) is 6.42 Å². The lowest BCUT2D eigenvalue weighted by Crippen LogP contribution is -2.19. The largest absolute Gasteiger partial charge is 0.489 e. The van der Waals surface area contributed by atoms with Gasteiger partial charge in [0.15, 0.2) is 0 Å². The van der Waals surface area contributed by atoms with Crippen molar-refractivity contribution < 1.29 is 4.74 Å². The molecule has 2 aromatic rings. The summed E-state index contributed by atoms with van der Waals surface area (Å²) in [5.74, 6) is 0.964. The van der Waals surface area contributed by atoms with Crippen molar-refractivity contribution in [1.29, 1.82) is 0 Å².